The number of hydrogen-bond acceptors (Lipinski definition) is 6. The number of likely N-dealkylation sites (tertiary alicyclic amines) is 1. The third-order valence-corrected chi connectivity index (χ3v) is 5.96. The molecule has 1 fully saturated rings. The van der Waals surface area contributed by atoms with Gasteiger partial charge in [0.05, 0.1) is 18.1 Å². The van der Waals surface area contributed by atoms with E-state index in [9.17, 15) is 14.4 Å². The minimum absolute atomic E-state index is 0.140. The van der Waals surface area contributed by atoms with E-state index < -0.39 is 5.97 Å². The van der Waals surface area contributed by atoms with E-state index in [1.165, 1.54) is 7.11 Å². The second-order valence-electron chi connectivity index (χ2n) is 8.34. The van der Waals surface area contributed by atoms with E-state index in [0.717, 1.165) is 24.9 Å². The normalized spacial score (nSPS) is 16.4. The van der Waals surface area contributed by atoms with E-state index in [1.807, 2.05) is 24.3 Å². The Morgan fingerprint density at radius 2 is 1.97 bits per heavy atom. The van der Waals surface area contributed by atoms with E-state index in [1.54, 1.807) is 13.8 Å². The first-order chi connectivity index (χ1) is 15.8. The Kier molecular flexibility index (Phi) is 8.24. The van der Waals surface area contributed by atoms with Gasteiger partial charge in [0, 0.05) is 31.6 Å². The van der Waals surface area contributed by atoms with Gasteiger partial charge >= 0.3 is 5.97 Å². The number of aromatic nitrogens is 1. The van der Waals surface area contributed by atoms with Crippen molar-refractivity contribution in [3.8, 4) is 0 Å². The van der Waals surface area contributed by atoms with Gasteiger partial charge in [0.2, 0.25) is 5.91 Å². The Labute approximate surface area is 193 Å². The van der Waals surface area contributed by atoms with Crippen LogP contribution < -0.4 is 11.1 Å². The van der Waals surface area contributed by atoms with Crippen LogP contribution in [0, 0.1) is 19.8 Å². The van der Waals surface area contributed by atoms with Crippen molar-refractivity contribution in [1.82, 2.24) is 9.88 Å². The summed E-state index contributed by atoms with van der Waals surface area (Å²) < 4.78 is 10.1. The maximum absolute atomic E-state index is 13.1. The van der Waals surface area contributed by atoms with E-state index in [4.69, 9.17) is 15.2 Å². The number of benzene rings is 1. The topological polar surface area (TPSA) is 127 Å². The van der Waals surface area contributed by atoms with Crippen LogP contribution in [0.4, 0.5) is 5.69 Å². The number of rotatable bonds is 9. The third kappa shape index (κ3) is 6.00. The number of nitrogens with one attached hydrogen (secondary N) is 2. The molecule has 1 aliphatic heterocycles. The lowest BCUT2D eigenvalue weighted by molar-refractivity contribution is -0.123. The summed E-state index contributed by atoms with van der Waals surface area (Å²) in [6, 6.07) is 7.56. The summed E-state index contributed by atoms with van der Waals surface area (Å²) in [5.74, 6) is -1.25. The molecule has 2 amide bonds. The number of aromatic amines is 1. The van der Waals surface area contributed by atoms with Crippen LogP contribution in [-0.4, -0.2) is 61.1 Å². The molecular weight excluding hydrogens is 424 g/mol. The molecule has 0 saturated carbocycles. The zero-order chi connectivity index (χ0) is 24.0. The molecule has 2 heterocycles. The van der Waals surface area contributed by atoms with E-state index in [0.29, 0.717) is 47.9 Å². The number of primary amides is 1. The van der Waals surface area contributed by atoms with E-state index in [2.05, 4.69) is 15.2 Å². The van der Waals surface area contributed by atoms with Gasteiger partial charge in [-0.3, -0.25) is 14.5 Å². The summed E-state index contributed by atoms with van der Waals surface area (Å²) in [7, 11) is 1.53. The molecular formula is C24H32N4O5. The first kappa shape index (κ1) is 24.5. The Bertz CT molecular complexity index is 1020. The molecule has 9 heteroatoms. The summed E-state index contributed by atoms with van der Waals surface area (Å²) in [5.41, 5.74) is 8.89. The highest BCUT2D eigenvalue weighted by atomic mass is 16.6. The highest BCUT2D eigenvalue weighted by Crippen LogP contribution is 2.24. The highest BCUT2D eigenvalue weighted by molar-refractivity contribution is 6.07. The number of piperidine rings is 1. The van der Waals surface area contributed by atoms with Gasteiger partial charge in [-0.05, 0) is 50.4 Å². The molecule has 1 unspecified atom stereocenters. The van der Waals surface area contributed by atoms with Crippen LogP contribution in [0.3, 0.4) is 0 Å². The summed E-state index contributed by atoms with van der Waals surface area (Å²) in [6.07, 6.45) is 1.72. The Morgan fingerprint density at radius 1 is 1.21 bits per heavy atom. The molecule has 0 bridgehead atoms. The predicted molar refractivity (Wildman–Crippen MR) is 124 cm³/mol. The highest BCUT2D eigenvalue weighted by Gasteiger charge is 2.26. The molecule has 0 spiro atoms. The zero-order valence-electron chi connectivity index (χ0n) is 19.4. The molecule has 0 radical (unpaired) electrons. The second kappa shape index (κ2) is 11.1. The van der Waals surface area contributed by atoms with Crippen LogP contribution in [0.2, 0.25) is 0 Å². The largest absolute Gasteiger partial charge is 0.460 e. The van der Waals surface area contributed by atoms with Crippen molar-refractivity contribution in [2.24, 2.45) is 11.7 Å². The van der Waals surface area contributed by atoms with E-state index >= 15 is 0 Å². The molecule has 178 valence electrons. The Hall–Kier alpha value is -3.17. The van der Waals surface area contributed by atoms with Crippen molar-refractivity contribution in [2.45, 2.75) is 33.2 Å². The molecule has 1 aromatic heterocycles. The number of carbonyl (C=O) groups excluding carboxylic acids is 3. The van der Waals surface area contributed by atoms with Gasteiger partial charge in [0.1, 0.15) is 12.3 Å². The summed E-state index contributed by atoms with van der Waals surface area (Å²) in [4.78, 5) is 42.3. The minimum atomic E-state index is -0.494. The summed E-state index contributed by atoms with van der Waals surface area (Å²) >= 11 is 0. The minimum Gasteiger partial charge on any atom is -0.460 e. The van der Waals surface area contributed by atoms with Gasteiger partial charge in [-0.2, -0.15) is 0 Å². The number of amides is 2. The number of carbonyl (C=O) groups is 3. The van der Waals surface area contributed by atoms with Gasteiger partial charge in [0.15, 0.2) is 0 Å². The van der Waals surface area contributed by atoms with Crippen LogP contribution >= 0.6 is 0 Å². The number of nitrogens with zero attached hydrogens (tertiary/aromatic N) is 1. The number of aryl methyl sites for hydroxylation is 1. The van der Waals surface area contributed by atoms with Crippen molar-refractivity contribution in [1.29, 1.82) is 0 Å². The number of methoxy groups -OCH3 is 1. The van der Waals surface area contributed by atoms with Gasteiger partial charge in [-0.15, -0.1) is 0 Å². The first-order valence-electron chi connectivity index (χ1n) is 11.1. The number of H-pyrrole nitrogens is 1. The number of ether oxygens (including phenoxy) is 2. The van der Waals surface area contributed by atoms with Crippen molar-refractivity contribution in [3.63, 3.8) is 0 Å². The smallest absolute Gasteiger partial charge is 0.340 e. The number of nitrogens with two attached hydrogens (primary N) is 1. The summed E-state index contributed by atoms with van der Waals surface area (Å²) in [5, 5.41) is 2.96. The SMILES string of the molecule is COCCOC(=O)c1c(C)[nH]c(C(=O)Nc2ccccc2CN2CCCC(C(N)=O)C2)c1C. The van der Waals surface area contributed by atoms with Crippen LogP contribution in [-0.2, 0) is 20.8 Å². The maximum Gasteiger partial charge on any atom is 0.340 e. The quantitative estimate of drug-likeness (QED) is 0.393. The molecule has 3 rings (SSSR count). The lowest BCUT2D eigenvalue weighted by Gasteiger charge is -2.31. The van der Waals surface area contributed by atoms with Crippen molar-refractivity contribution >= 4 is 23.5 Å². The van der Waals surface area contributed by atoms with Crippen LogP contribution in [0.5, 0.6) is 0 Å². The fraction of sp³-hybridized carbons (Fsp3) is 0.458. The third-order valence-electron chi connectivity index (χ3n) is 5.96. The van der Waals surface area contributed by atoms with Gasteiger partial charge in [0.25, 0.3) is 5.91 Å². The average Bonchev–Trinajstić information content (AvgIpc) is 3.09. The molecule has 1 atom stereocenters. The molecule has 9 nitrogen and oxygen atoms in total. The first-order valence-corrected chi connectivity index (χ1v) is 11.1. The fourth-order valence-electron chi connectivity index (χ4n) is 4.21. The maximum atomic E-state index is 13.1. The standard InChI is InChI=1S/C24H32N4O5/c1-15-20(24(31)33-12-11-32-3)16(2)26-21(15)23(30)27-19-9-5-4-7-17(19)13-28-10-6-8-18(14-28)22(25)29/h4-5,7,9,18,26H,6,8,10-14H2,1-3H3,(H2,25,29)(H,27,30). The molecule has 4 N–H and O–H groups in total. The van der Waals surface area contributed by atoms with Crippen LogP contribution in [0.1, 0.15) is 50.5 Å². The predicted octanol–water partition coefficient (Wildman–Crippen LogP) is 2.38. The van der Waals surface area contributed by atoms with Crippen molar-refractivity contribution in [3.05, 3.63) is 52.3 Å². The molecule has 33 heavy (non-hydrogen) atoms. The molecule has 2 aromatic rings. The lowest BCUT2D eigenvalue weighted by atomic mass is 9.97. The van der Waals surface area contributed by atoms with Gasteiger partial charge in [-0.1, -0.05) is 18.2 Å². The van der Waals surface area contributed by atoms with Crippen LogP contribution in [0.25, 0.3) is 0 Å². The Morgan fingerprint density at radius 3 is 2.70 bits per heavy atom. The molecule has 1 saturated heterocycles. The molecule has 1 aromatic carbocycles. The Balaban J connectivity index is 1.73. The van der Waals surface area contributed by atoms with Crippen molar-refractivity contribution < 1.29 is 23.9 Å². The molecule has 1 aliphatic rings. The lowest BCUT2D eigenvalue weighted by Crippen LogP contribution is -2.40. The fourth-order valence-corrected chi connectivity index (χ4v) is 4.21. The monoisotopic (exact) mass is 456 g/mol. The van der Waals surface area contributed by atoms with Gasteiger partial charge < -0.3 is 25.5 Å². The van der Waals surface area contributed by atoms with Gasteiger partial charge in [-0.25, -0.2) is 4.79 Å². The zero-order valence-corrected chi connectivity index (χ0v) is 19.4. The number of esters is 1. The number of para-hydroxylation sites is 1. The van der Waals surface area contributed by atoms with Crippen LogP contribution in [0.15, 0.2) is 24.3 Å². The summed E-state index contributed by atoms with van der Waals surface area (Å²) in [6.45, 7) is 5.97. The number of anilines is 1. The average molecular weight is 457 g/mol. The van der Waals surface area contributed by atoms with Crippen molar-refractivity contribution in [2.75, 3.05) is 38.7 Å². The van der Waals surface area contributed by atoms with E-state index in [-0.39, 0.29) is 24.3 Å². The molecule has 0 aliphatic carbocycles. The second-order valence-corrected chi connectivity index (χ2v) is 8.34. The number of hydrogen-bond donors (Lipinski definition) is 3.